The van der Waals surface area contributed by atoms with E-state index in [0.29, 0.717) is 22.0 Å². The van der Waals surface area contributed by atoms with Crippen molar-refractivity contribution in [2.75, 3.05) is 16.8 Å². The van der Waals surface area contributed by atoms with Crippen LogP contribution in [0.15, 0.2) is 66.2 Å². The predicted octanol–water partition coefficient (Wildman–Crippen LogP) is 5.29. The third kappa shape index (κ3) is 5.99. The fourth-order valence-electron chi connectivity index (χ4n) is 3.56. The summed E-state index contributed by atoms with van der Waals surface area (Å²) in [5.41, 5.74) is 3.08. The average molecular weight is 538 g/mol. The van der Waals surface area contributed by atoms with E-state index in [4.69, 9.17) is 27.9 Å². The van der Waals surface area contributed by atoms with Gasteiger partial charge in [0.1, 0.15) is 11.3 Å². The van der Waals surface area contributed by atoms with Crippen LogP contribution in [-0.2, 0) is 14.4 Å². The highest BCUT2D eigenvalue weighted by molar-refractivity contribution is 6.42. The van der Waals surface area contributed by atoms with Gasteiger partial charge in [-0.15, -0.1) is 0 Å². The quantitative estimate of drug-likeness (QED) is 0.328. The second kappa shape index (κ2) is 10.9. The number of nitrogens with zero attached hydrogens (tertiary/aromatic N) is 1. The van der Waals surface area contributed by atoms with Gasteiger partial charge in [0.15, 0.2) is 6.61 Å². The van der Waals surface area contributed by atoms with E-state index in [-0.39, 0.29) is 28.8 Å². The zero-order chi connectivity index (χ0) is 26.7. The Labute approximate surface area is 222 Å². The molecule has 0 spiro atoms. The molecule has 0 radical (unpaired) electrons. The molecule has 4 rings (SSSR count). The first kappa shape index (κ1) is 25.9. The Balaban J connectivity index is 1.49. The molecule has 3 aromatic carbocycles. The molecule has 0 atom stereocenters. The van der Waals surface area contributed by atoms with Crippen molar-refractivity contribution in [3.8, 4) is 5.75 Å². The van der Waals surface area contributed by atoms with E-state index in [9.17, 15) is 19.2 Å². The Bertz CT molecular complexity index is 1470. The summed E-state index contributed by atoms with van der Waals surface area (Å²) in [5, 5.41) is 5.31. The van der Waals surface area contributed by atoms with Crippen molar-refractivity contribution in [3.05, 3.63) is 93.0 Å². The van der Waals surface area contributed by atoms with Crippen LogP contribution in [0.5, 0.6) is 5.75 Å². The molecule has 188 valence electrons. The molecule has 1 saturated heterocycles. The lowest BCUT2D eigenvalue weighted by Crippen LogP contribution is -2.54. The Morgan fingerprint density at radius 3 is 2.51 bits per heavy atom. The lowest BCUT2D eigenvalue weighted by molar-refractivity contribution is -0.122. The fourth-order valence-corrected chi connectivity index (χ4v) is 4.06. The minimum atomic E-state index is -0.928. The molecule has 1 aliphatic heterocycles. The molecule has 0 saturated carbocycles. The van der Waals surface area contributed by atoms with Crippen LogP contribution in [0.2, 0.25) is 10.0 Å². The van der Waals surface area contributed by atoms with E-state index in [1.807, 2.05) is 32.0 Å². The molecule has 1 aliphatic rings. The van der Waals surface area contributed by atoms with Crippen LogP contribution in [0.1, 0.15) is 16.7 Å². The monoisotopic (exact) mass is 537 g/mol. The molecule has 8 nitrogen and oxygen atoms in total. The molecule has 0 aliphatic carbocycles. The fraction of sp³-hybridized carbons (Fsp3) is 0.111. The maximum Gasteiger partial charge on any atom is 0.335 e. The first-order chi connectivity index (χ1) is 17.6. The Hall–Kier alpha value is -4.14. The number of hydrogen-bond donors (Lipinski definition) is 2. The van der Waals surface area contributed by atoms with Gasteiger partial charge in [-0.25, -0.2) is 9.69 Å². The van der Waals surface area contributed by atoms with Gasteiger partial charge in [0.05, 0.1) is 10.7 Å². The maximum atomic E-state index is 13.1. The summed E-state index contributed by atoms with van der Waals surface area (Å²) in [4.78, 5) is 51.1. The van der Waals surface area contributed by atoms with Gasteiger partial charge in [0.25, 0.3) is 17.7 Å². The number of carbonyl (C=O) groups is 4. The van der Waals surface area contributed by atoms with Gasteiger partial charge >= 0.3 is 6.03 Å². The van der Waals surface area contributed by atoms with E-state index < -0.39 is 17.8 Å². The van der Waals surface area contributed by atoms with Crippen LogP contribution in [0.4, 0.5) is 16.2 Å². The van der Waals surface area contributed by atoms with Crippen molar-refractivity contribution in [2.45, 2.75) is 13.8 Å². The molecule has 0 aromatic heterocycles. The van der Waals surface area contributed by atoms with Crippen molar-refractivity contribution in [1.29, 1.82) is 0 Å². The molecule has 2 N–H and O–H groups in total. The van der Waals surface area contributed by atoms with Crippen LogP contribution >= 0.6 is 23.2 Å². The molecular formula is C27H21Cl2N3O5. The standard InChI is InChI=1S/C27H21Cl2N3O5/c1-15-6-8-19(10-16(15)2)30-24(33)14-37-20-5-3-4-17(11-20)12-21-25(34)31-27(36)32(26(21)35)23-9-7-18(28)13-22(23)29/h3-13H,14H2,1-2H3,(H,30,33)(H,31,34,36)/b21-12+. The molecule has 37 heavy (non-hydrogen) atoms. The molecule has 1 fully saturated rings. The highest BCUT2D eigenvalue weighted by Crippen LogP contribution is 2.31. The largest absolute Gasteiger partial charge is 0.484 e. The number of benzene rings is 3. The first-order valence-electron chi connectivity index (χ1n) is 11.1. The van der Waals surface area contributed by atoms with E-state index in [2.05, 4.69) is 10.6 Å². The maximum absolute atomic E-state index is 13.1. The number of amides is 5. The number of imide groups is 2. The lowest BCUT2D eigenvalue weighted by Gasteiger charge is -2.27. The summed E-state index contributed by atoms with van der Waals surface area (Å²) in [6, 6.07) is 15.4. The van der Waals surface area contributed by atoms with Gasteiger partial charge in [0, 0.05) is 10.7 Å². The molecule has 3 aromatic rings. The SMILES string of the molecule is Cc1ccc(NC(=O)COc2cccc(/C=C3\C(=O)NC(=O)N(c4ccc(Cl)cc4Cl)C3=O)c2)cc1C. The van der Waals surface area contributed by atoms with E-state index in [1.54, 1.807) is 24.3 Å². The number of aryl methyl sites for hydroxylation is 2. The molecule has 1 heterocycles. The molecular weight excluding hydrogens is 517 g/mol. The van der Waals surface area contributed by atoms with Crippen molar-refractivity contribution in [1.82, 2.24) is 5.32 Å². The van der Waals surface area contributed by atoms with Gasteiger partial charge in [-0.3, -0.25) is 19.7 Å². The number of urea groups is 1. The zero-order valence-electron chi connectivity index (χ0n) is 19.8. The molecule has 5 amide bonds. The van der Waals surface area contributed by atoms with Gasteiger partial charge in [-0.1, -0.05) is 41.4 Å². The first-order valence-corrected chi connectivity index (χ1v) is 11.8. The summed E-state index contributed by atoms with van der Waals surface area (Å²) >= 11 is 12.1. The number of nitrogens with one attached hydrogen (secondary N) is 2. The average Bonchev–Trinajstić information content (AvgIpc) is 2.84. The number of barbiturate groups is 1. The summed E-state index contributed by atoms with van der Waals surface area (Å²) in [6.45, 7) is 3.70. The minimum absolute atomic E-state index is 0.0687. The van der Waals surface area contributed by atoms with Crippen LogP contribution in [-0.4, -0.2) is 30.4 Å². The third-order valence-electron chi connectivity index (χ3n) is 5.58. The summed E-state index contributed by atoms with van der Waals surface area (Å²) < 4.78 is 5.59. The molecule has 0 bridgehead atoms. The van der Waals surface area contributed by atoms with Crippen LogP contribution in [0.3, 0.4) is 0 Å². The van der Waals surface area contributed by atoms with Crippen molar-refractivity contribution < 1.29 is 23.9 Å². The van der Waals surface area contributed by atoms with E-state index >= 15 is 0 Å². The normalized spacial score (nSPS) is 14.5. The van der Waals surface area contributed by atoms with Crippen molar-refractivity contribution in [2.24, 2.45) is 0 Å². The van der Waals surface area contributed by atoms with Crippen LogP contribution in [0.25, 0.3) is 6.08 Å². The summed E-state index contributed by atoms with van der Waals surface area (Å²) in [5.74, 6) is -1.70. The molecule has 0 unspecified atom stereocenters. The molecule has 10 heteroatoms. The number of ether oxygens (including phenoxy) is 1. The van der Waals surface area contributed by atoms with Gasteiger partial charge in [-0.05, 0) is 79.1 Å². The van der Waals surface area contributed by atoms with E-state index in [0.717, 1.165) is 16.0 Å². The van der Waals surface area contributed by atoms with E-state index in [1.165, 1.54) is 24.3 Å². The second-order valence-electron chi connectivity index (χ2n) is 8.26. The highest BCUT2D eigenvalue weighted by atomic mass is 35.5. The topological polar surface area (TPSA) is 105 Å². The van der Waals surface area contributed by atoms with Crippen molar-refractivity contribution in [3.63, 3.8) is 0 Å². The number of anilines is 2. The number of hydrogen-bond acceptors (Lipinski definition) is 5. The number of rotatable bonds is 6. The van der Waals surface area contributed by atoms with Crippen molar-refractivity contribution >= 4 is 64.4 Å². The summed E-state index contributed by atoms with van der Waals surface area (Å²) in [7, 11) is 0. The minimum Gasteiger partial charge on any atom is -0.484 e. The number of halogens is 2. The summed E-state index contributed by atoms with van der Waals surface area (Å²) in [6.07, 6.45) is 1.32. The lowest BCUT2D eigenvalue weighted by atomic mass is 10.1. The van der Waals surface area contributed by atoms with Gasteiger partial charge < -0.3 is 10.1 Å². The van der Waals surface area contributed by atoms with Crippen LogP contribution < -0.4 is 20.3 Å². The zero-order valence-corrected chi connectivity index (χ0v) is 21.3. The third-order valence-corrected chi connectivity index (χ3v) is 6.12. The smallest absolute Gasteiger partial charge is 0.335 e. The Morgan fingerprint density at radius 2 is 1.78 bits per heavy atom. The Kier molecular flexibility index (Phi) is 7.61. The van der Waals surface area contributed by atoms with Crippen LogP contribution in [0, 0.1) is 13.8 Å². The number of carbonyl (C=O) groups excluding carboxylic acids is 4. The van der Waals surface area contributed by atoms with Gasteiger partial charge in [0.2, 0.25) is 0 Å². The van der Waals surface area contributed by atoms with Gasteiger partial charge in [-0.2, -0.15) is 0 Å². The second-order valence-corrected chi connectivity index (χ2v) is 9.11. The highest BCUT2D eigenvalue weighted by Gasteiger charge is 2.37. The Morgan fingerprint density at radius 1 is 1.00 bits per heavy atom. The predicted molar refractivity (Wildman–Crippen MR) is 142 cm³/mol.